The average molecular weight is 415 g/mol. The van der Waals surface area contributed by atoms with Gasteiger partial charge in [-0.25, -0.2) is 0 Å². The maximum absolute atomic E-state index is 12.9. The van der Waals surface area contributed by atoms with Crippen LogP contribution in [-0.2, 0) is 11.3 Å². The summed E-state index contributed by atoms with van der Waals surface area (Å²) in [6.07, 6.45) is 0.239. The van der Waals surface area contributed by atoms with E-state index in [1.807, 2.05) is 91.0 Å². The third kappa shape index (κ3) is 4.55. The van der Waals surface area contributed by atoms with Gasteiger partial charge < -0.3 is 5.32 Å². The fourth-order valence-corrected chi connectivity index (χ4v) is 3.65. The highest BCUT2D eigenvalue weighted by molar-refractivity contribution is 7.80. The lowest BCUT2D eigenvalue weighted by Crippen LogP contribution is -2.33. The molecular formula is C24H22N4OS. The van der Waals surface area contributed by atoms with Gasteiger partial charge in [-0.1, -0.05) is 78.9 Å². The minimum atomic E-state index is -0.273. The molecule has 3 aromatic rings. The Labute approximate surface area is 181 Å². The summed E-state index contributed by atoms with van der Waals surface area (Å²) in [4.78, 5) is 14.7. The van der Waals surface area contributed by atoms with Crippen LogP contribution in [0.4, 0.5) is 5.69 Å². The number of anilines is 1. The van der Waals surface area contributed by atoms with Crippen LogP contribution < -0.4 is 15.6 Å². The minimum absolute atomic E-state index is 0.0127. The maximum Gasteiger partial charge on any atom is 0.233 e. The minimum Gasteiger partial charge on any atom is -0.357 e. The van der Waals surface area contributed by atoms with Gasteiger partial charge in [-0.2, -0.15) is 5.10 Å². The van der Waals surface area contributed by atoms with Crippen LogP contribution in [0.25, 0.3) is 0 Å². The number of carbonyl (C=O) groups excluding carboxylic acids is 1. The lowest BCUT2D eigenvalue weighted by atomic mass is 10.0. The molecule has 2 N–H and O–H groups in total. The Bertz CT molecular complexity index is 1040. The molecule has 0 bridgehead atoms. The van der Waals surface area contributed by atoms with Gasteiger partial charge in [0.15, 0.2) is 5.11 Å². The third-order valence-corrected chi connectivity index (χ3v) is 5.16. The molecule has 1 saturated heterocycles. The molecule has 1 unspecified atom stereocenters. The number of carbonyl (C=O) groups is 1. The summed E-state index contributed by atoms with van der Waals surface area (Å²) in [5.41, 5.74) is 6.64. The summed E-state index contributed by atoms with van der Waals surface area (Å²) in [6, 6.07) is 29.4. The number of nitrogens with one attached hydrogen (secondary N) is 2. The van der Waals surface area contributed by atoms with Gasteiger partial charge in [-0.15, -0.1) is 0 Å². The molecule has 0 saturated carbocycles. The van der Waals surface area contributed by atoms with Crippen LogP contribution in [0.3, 0.4) is 0 Å². The zero-order valence-electron chi connectivity index (χ0n) is 16.4. The number of benzene rings is 3. The molecule has 1 amide bonds. The van der Waals surface area contributed by atoms with Gasteiger partial charge in [0, 0.05) is 12.2 Å². The Hall–Kier alpha value is -3.51. The second-order valence-corrected chi connectivity index (χ2v) is 7.38. The van der Waals surface area contributed by atoms with E-state index in [9.17, 15) is 4.79 Å². The fraction of sp³-hybridized carbons (Fsp3) is 0.125. The van der Waals surface area contributed by atoms with Crippen LogP contribution in [0.5, 0.6) is 0 Å². The van der Waals surface area contributed by atoms with Crippen molar-refractivity contribution in [3.8, 4) is 0 Å². The molecular weight excluding hydrogens is 392 g/mol. The standard InChI is InChI=1S/C24H22N4OS/c29-22-16-21(26-27-24(30)25-17-18-10-4-1-5-11-18)23(19-12-6-2-7-13-19)28(22)20-14-8-3-9-15-20/h1-15,23H,16-17H2,(H2,25,27,30)/b26-21+. The van der Waals surface area contributed by atoms with Gasteiger partial charge >= 0.3 is 0 Å². The highest BCUT2D eigenvalue weighted by Gasteiger charge is 2.38. The van der Waals surface area contributed by atoms with Crippen molar-refractivity contribution in [2.45, 2.75) is 19.0 Å². The van der Waals surface area contributed by atoms with Crippen molar-refractivity contribution in [2.24, 2.45) is 5.10 Å². The fourth-order valence-electron chi connectivity index (χ4n) is 3.53. The molecule has 150 valence electrons. The summed E-state index contributed by atoms with van der Waals surface area (Å²) in [6.45, 7) is 0.606. The van der Waals surface area contributed by atoms with Crippen molar-refractivity contribution in [3.63, 3.8) is 0 Å². The molecule has 0 aromatic heterocycles. The Balaban J connectivity index is 1.53. The van der Waals surface area contributed by atoms with Crippen LogP contribution in [0.15, 0.2) is 96.1 Å². The first-order valence-electron chi connectivity index (χ1n) is 9.78. The van der Waals surface area contributed by atoms with Gasteiger partial charge in [-0.05, 0) is 35.5 Å². The molecule has 30 heavy (non-hydrogen) atoms. The second-order valence-electron chi connectivity index (χ2n) is 6.97. The first-order valence-corrected chi connectivity index (χ1v) is 10.2. The van der Waals surface area contributed by atoms with E-state index in [-0.39, 0.29) is 18.4 Å². The molecule has 3 aromatic carbocycles. The number of rotatable bonds is 5. The van der Waals surface area contributed by atoms with Crippen LogP contribution >= 0.6 is 12.2 Å². The van der Waals surface area contributed by atoms with E-state index in [0.717, 1.165) is 22.5 Å². The van der Waals surface area contributed by atoms with E-state index < -0.39 is 0 Å². The molecule has 4 rings (SSSR count). The van der Waals surface area contributed by atoms with Crippen LogP contribution in [0, 0.1) is 0 Å². The number of hydrogen-bond acceptors (Lipinski definition) is 3. The average Bonchev–Trinajstić information content (AvgIpc) is 3.14. The van der Waals surface area contributed by atoms with Gasteiger partial charge in [0.2, 0.25) is 5.91 Å². The molecule has 1 fully saturated rings. The summed E-state index contributed by atoms with van der Waals surface area (Å²) >= 11 is 5.37. The second kappa shape index (κ2) is 9.33. The van der Waals surface area contributed by atoms with E-state index >= 15 is 0 Å². The van der Waals surface area contributed by atoms with E-state index in [0.29, 0.717) is 11.7 Å². The van der Waals surface area contributed by atoms with E-state index in [2.05, 4.69) is 15.8 Å². The molecule has 1 aliphatic rings. The lowest BCUT2D eigenvalue weighted by Gasteiger charge is -2.25. The predicted octanol–water partition coefficient (Wildman–Crippen LogP) is 4.18. The van der Waals surface area contributed by atoms with Gasteiger partial charge in [0.1, 0.15) is 6.04 Å². The first kappa shape index (κ1) is 19.8. The van der Waals surface area contributed by atoms with Crippen molar-refractivity contribution >= 4 is 34.6 Å². The molecule has 0 spiro atoms. The number of nitrogens with zero attached hydrogens (tertiary/aromatic N) is 2. The third-order valence-electron chi connectivity index (χ3n) is 4.92. The number of amides is 1. The summed E-state index contributed by atoms with van der Waals surface area (Å²) in [5, 5.41) is 8.09. The zero-order chi connectivity index (χ0) is 20.8. The molecule has 5 nitrogen and oxygen atoms in total. The van der Waals surface area contributed by atoms with Crippen molar-refractivity contribution in [1.82, 2.24) is 10.7 Å². The van der Waals surface area contributed by atoms with Crippen molar-refractivity contribution in [1.29, 1.82) is 0 Å². The summed E-state index contributed by atoms with van der Waals surface area (Å²) < 4.78 is 0. The normalized spacial score (nSPS) is 17.2. The van der Waals surface area contributed by atoms with Gasteiger partial charge in [0.25, 0.3) is 0 Å². The van der Waals surface area contributed by atoms with E-state index in [1.165, 1.54) is 0 Å². The largest absolute Gasteiger partial charge is 0.357 e. The van der Waals surface area contributed by atoms with Crippen LogP contribution in [-0.4, -0.2) is 16.7 Å². The topological polar surface area (TPSA) is 56.7 Å². The smallest absolute Gasteiger partial charge is 0.233 e. The van der Waals surface area contributed by atoms with E-state index in [4.69, 9.17) is 12.2 Å². The molecule has 1 aliphatic heterocycles. The SMILES string of the molecule is O=C1C/C(=N\NC(=S)NCc2ccccc2)C(c2ccccc2)N1c1ccccc1. The Kier molecular flexibility index (Phi) is 6.15. The molecule has 0 aliphatic carbocycles. The molecule has 1 heterocycles. The Morgan fingerprint density at radius 3 is 2.20 bits per heavy atom. The highest BCUT2D eigenvalue weighted by atomic mass is 32.1. The zero-order valence-corrected chi connectivity index (χ0v) is 17.2. The number of hydrazone groups is 1. The number of hydrogen-bond donors (Lipinski definition) is 2. The first-order chi connectivity index (χ1) is 14.7. The molecule has 0 radical (unpaired) electrons. The van der Waals surface area contributed by atoms with Crippen LogP contribution in [0.1, 0.15) is 23.6 Å². The predicted molar refractivity (Wildman–Crippen MR) is 124 cm³/mol. The number of para-hydroxylation sites is 1. The quantitative estimate of drug-likeness (QED) is 0.486. The summed E-state index contributed by atoms with van der Waals surface area (Å²) in [5.74, 6) is 0.0127. The Morgan fingerprint density at radius 1 is 0.933 bits per heavy atom. The van der Waals surface area contributed by atoms with Crippen molar-refractivity contribution in [2.75, 3.05) is 4.90 Å². The molecule has 1 atom stereocenters. The summed E-state index contributed by atoms with van der Waals surface area (Å²) in [7, 11) is 0. The van der Waals surface area contributed by atoms with Crippen molar-refractivity contribution < 1.29 is 4.79 Å². The molecule has 6 heteroatoms. The maximum atomic E-state index is 12.9. The Morgan fingerprint density at radius 2 is 1.53 bits per heavy atom. The van der Waals surface area contributed by atoms with Crippen molar-refractivity contribution in [3.05, 3.63) is 102 Å². The van der Waals surface area contributed by atoms with E-state index in [1.54, 1.807) is 4.90 Å². The monoisotopic (exact) mass is 414 g/mol. The van der Waals surface area contributed by atoms with Crippen LogP contribution in [0.2, 0.25) is 0 Å². The van der Waals surface area contributed by atoms with Gasteiger partial charge in [-0.3, -0.25) is 15.1 Å². The lowest BCUT2D eigenvalue weighted by molar-refractivity contribution is -0.116. The highest BCUT2D eigenvalue weighted by Crippen LogP contribution is 2.35. The van der Waals surface area contributed by atoms with Gasteiger partial charge in [0.05, 0.1) is 12.1 Å². The number of thiocarbonyl (C=S) groups is 1.